The molecule has 1 N–H and O–H groups in total. The van der Waals surface area contributed by atoms with Crippen LogP contribution in [-0.4, -0.2) is 5.11 Å². The number of aliphatic hydroxyl groups excluding tert-OH is 1. The third-order valence-corrected chi connectivity index (χ3v) is 3.18. The van der Waals surface area contributed by atoms with E-state index in [0.29, 0.717) is 11.1 Å². The summed E-state index contributed by atoms with van der Waals surface area (Å²) >= 11 is 1.53. The second kappa shape index (κ2) is 3.09. The molecule has 0 atom stereocenters. The van der Waals surface area contributed by atoms with E-state index in [1.807, 2.05) is 11.4 Å². The van der Waals surface area contributed by atoms with E-state index in [9.17, 15) is 4.39 Å². The van der Waals surface area contributed by atoms with Crippen molar-refractivity contribution < 1.29 is 9.50 Å². The Labute approximate surface area is 79.4 Å². The summed E-state index contributed by atoms with van der Waals surface area (Å²) in [5.41, 5.74) is 1.33. The van der Waals surface area contributed by atoms with E-state index in [-0.39, 0.29) is 12.4 Å². The predicted octanol–water partition coefficient (Wildman–Crippen LogP) is 2.84. The van der Waals surface area contributed by atoms with Gasteiger partial charge in [-0.3, -0.25) is 0 Å². The van der Waals surface area contributed by atoms with Gasteiger partial charge in [0.05, 0.1) is 6.61 Å². The Bertz CT molecular complexity index is 447. The molecule has 0 spiro atoms. The number of aliphatic hydroxyl groups is 1. The second-order valence-corrected chi connectivity index (χ2v) is 3.88. The normalized spacial score (nSPS) is 11.0. The van der Waals surface area contributed by atoms with Crippen molar-refractivity contribution in [2.45, 2.75) is 13.5 Å². The molecule has 0 saturated heterocycles. The maximum Gasteiger partial charge on any atom is 0.127 e. The maximum absolute atomic E-state index is 13.3. The van der Waals surface area contributed by atoms with Gasteiger partial charge in [-0.1, -0.05) is 0 Å². The molecule has 1 heterocycles. The van der Waals surface area contributed by atoms with E-state index in [4.69, 9.17) is 5.11 Å². The highest BCUT2D eigenvalue weighted by Crippen LogP contribution is 2.29. The van der Waals surface area contributed by atoms with Crippen LogP contribution in [0.15, 0.2) is 17.5 Å². The number of halogens is 1. The van der Waals surface area contributed by atoms with Crippen LogP contribution < -0.4 is 0 Å². The van der Waals surface area contributed by atoms with Crippen molar-refractivity contribution in [2.24, 2.45) is 0 Å². The third kappa shape index (κ3) is 1.24. The van der Waals surface area contributed by atoms with Gasteiger partial charge in [-0.25, -0.2) is 4.39 Å². The van der Waals surface area contributed by atoms with Crippen molar-refractivity contribution in [3.8, 4) is 0 Å². The minimum Gasteiger partial charge on any atom is -0.392 e. The first-order valence-electron chi connectivity index (χ1n) is 4.00. The average Bonchev–Trinajstić information content (AvgIpc) is 2.60. The van der Waals surface area contributed by atoms with Crippen molar-refractivity contribution in [1.29, 1.82) is 0 Å². The summed E-state index contributed by atoms with van der Waals surface area (Å²) in [4.78, 5) is 0. The topological polar surface area (TPSA) is 20.2 Å². The number of thiophene rings is 1. The molecule has 0 saturated carbocycles. The van der Waals surface area contributed by atoms with Gasteiger partial charge in [0.15, 0.2) is 0 Å². The lowest BCUT2D eigenvalue weighted by Crippen LogP contribution is -1.89. The molecule has 13 heavy (non-hydrogen) atoms. The summed E-state index contributed by atoms with van der Waals surface area (Å²) in [6, 6.07) is 3.30. The molecule has 0 aliphatic rings. The molecule has 68 valence electrons. The van der Waals surface area contributed by atoms with Crippen molar-refractivity contribution in [3.63, 3.8) is 0 Å². The predicted molar refractivity (Wildman–Crippen MR) is 52.4 cm³/mol. The molecule has 0 fully saturated rings. The molecule has 2 rings (SSSR count). The third-order valence-electron chi connectivity index (χ3n) is 2.19. The Morgan fingerprint density at radius 2 is 2.31 bits per heavy atom. The standard InChI is InChI=1S/C10H9FOS/c1-6-8-2-3-13-10(8)7(5-12)4-9(6)11/h2-4,12H,5H2,1H3. The van der Waals surface area contributed by atoms with Crippen LogP contribution in [0.25, 0.3) is 10.1 Å². The second-order valence-electron chi connectivity index (χ2n) is 2.96. The molecule has 1 aromatic heterocycles. The Hall–Kier alpha value is -0.930. The van der Waals surface area contributed by atoms with E-state index in [1.54, 1.807) is 6.92 Å². The van der Waals surface area contributed by atoms with Gasteiger partial charge in [0, 0.05) is 4.70 Å². The molecule has 0 amide bonds. The molecule has 2 aromatic rings. The summed E-state index contributed by atoms with van der Waals surface area (Å²) in [7, 11) is 0. The molecular formula is C10H9FOS. The van der Waals surface area contributed by atoms with Gasteiger partial charge in [-0.05, 0) is 40.9 Å². The molecule has 0 aliphatic carbocycles. The molecule has 0 radical (unpaired) electrons. The highest BCUT2D eigenvalue weighted by Gasteiger charge is 2.08. The van der Waals surface area contributed by atoms with Gasteiger partial charge in [-0.15, -0.1) is 11.3 Å². The Balaban J connectivity index is 2.87. The molecule has 0 unspecified atom stereocenters. The van der Waals surface area contributed by atoms with E-state index in [1.165, 1.54) is 17.4 Å². The smallest absolute Gasteiger partial charge is 0.127 e. The lowest BCUT2D eigenvalue weighted by molar-refractivity contribution is 0.283. The molecule has 1 nitrogen and oxygen atoms in total. The van der Waals surface area contributed by atoms with Gasteiger partial charge in [0.2, 0.25) is 0 Å². The minimum atomic E-state index is -0.241. The van der Waals surface area contributed by atoms with Crippen LogP contribution in [0.4, 0.5) is 4.39 Å². The van der Waals surface area contributed by atoms with E-state index in [2.05, 4.69) is 0 Å². The van der Waals surface area contributed by atoms with Crippen LogP contribution in [0.3, 0.4) is 0 Å². The van der Waals surface area contributed by atoms with Crippen molar-refractivity contribution >= 4 is 21.4 Å². The Morgan fingerprint density at radius 3 is 3.00 bits per heavy atom. The Morgan fingerprint density at radius 1 is 1.54 bits per heavy atom. The van der Waals surface area contributed by atoms with Crippen LogP contribution in [0, 0.1) is 12.7 Å². The fraction of sp³-hybridized carbons (Fsp3) is 0.200. The lowest BCUT2D eigenvalue weighted by Gasteiger charge is -2.03. The van der Waals surface area contributed by atoms with Crippen LogP contribution in [0.2, 0.25) is 0 Å². The zero-order chi connectivity index (χ0) is 9.42. The summed E-state index contributed by atoms with van der Waals surface area (Å²) in [6.07, 6.45) is 0. The first-order chi connectivity index (χ1) is 6.24. The van der Waals surface area contributed by atoms with Crippen molar-refractivity contribution in [2.75, 3.05) is 0 Å². The van der Waals surface area contributed by atoms with Gasteiger partial charge >= 0.3 is 0 Å². The summed E-state index contributed by atoms with van der Waals surface area (Å²) in [5.74, 6) is -0.241. The number of hydrogen-bond acceptors (Lipinski definition) is 2. The number of aryl methyl sites for hydroxylation is 1. The van der Waals surface area contributed by atoms with Gasteiger partial charge in [0.1, 0.15) is 5.82 Å². The van der Waals surface area contributed by atoms with Gasteiger partial charge < -0.3 is 5.11 Å². The molecule has 1 aromatic carbocycles. The number of rotatable bonds is 1. The summed E-state index contributed by atoms with van der Waals surface area (Å²) < 4.78 is 14.3. The summed E-state index contributed by atoms with van der Waals surface area (Å²) in [6.45, 7) is 1.65. The fourth-order valence-corrected chi connectivity index (χ4v) is 2.39. The van der Waals surface area contributed by atoms with Crippen LogP contribution >= 0.6 is 11.3 Å². The van der Waals surface area contributed by atoms with Gasteiger partial charge in [-0.2, -0.15) is 0 Å². The van der Waals surface area contributed by atoms with Crippen LogP contribution in [-0.2, 0) is 6.61 Å². The highest BCUT2D eigenvalue weighted by atomic mass is 32.1. The van der Waals surface area contributed by atoms with Gasteiger partial charge in [0.25, 0.3) is 0 Å². The fourth-order valence-electron chi connectivity index (χ4n) is 1.43. The minimum absolute atomic E-state index is 0.103. The lowest BCUT2D eigenvalue weighted by atomic mass is 10.1. The van der Waals surface area contributed by atoms with E-state index < -0.39 is 0 Å². The monoisotopic (exact) mass is 196 g/mol. The average molecular weight is 196 g/mol. The number of benzene rings is 1. The highest BCUT2D eigenvalue weighted by molar-refractivity contribution is 7.17. The SMILES string of the molecule is Cc1c(F)cc(CO)c2sccc12. The number of fused-ring (bicyclic) bond motifs is 1. The first kappa shape index (κ1) is 8.66. The first-order valence-corrected chi connectivity index (χ1v) is 4.88. The zero-order valence-corrected chi connectivity index (χ0v) is 7.99. The van der Waals surface area contributed by atoms with E-state index in [0.717, 1.165) is 10.1 Å². The largest absolute Gasteiger partial charge is 0.392 e. The maximum atomic E-state index is 13.3. The molecule has 0 bridgehead atoms. The Kier molecular flexibility index (Phi) is 2.06. The number of hydrogen-bond donors (Lipinski definition) is 1. The van der Waals surface area contributed by atoms with E-state index >= 15 is 0 Å². The molecule has 3 heteroatoms. The van der Waals surface area contributed by atoms with Crippen molar-refractivity contribution in [3.05, 3.63) is 34.5 Å². The van der Waals surface area contributed by atoms with Crippen LogP contribution in [0.1, 0.15) is 11.1 Å². The summed E-state index contributed by atoms with van der Waals surface area (Å²) in [5, 5.41) is 11.8. The molecular weight excluding hydrogens is 187 g/mol. The van der Waals surface area contributed by atoms with Crippen molar-refractivity contribution in [1.82, 2.24) is 0 Å². The van der Waals surface area contributed by atoms with Crippen LogP contribution in [0.5, 0.6) is 0 Å². The molecule has 0 aliphatic heterocycles. The zero-order valence-electron chi connectivity index (χ0n) is 7.17. The quantitative estimate of drug-likeness (QED) is 0.743.